The highest BCUT2D eigenvalue weighted by atomic mass is 19.1. The van der Waals surface area contributed by atoms with Gasteiger partial charge in [0.1, 0.15) is 17.5 Å². The Morgan fingerprint density at radius 3 is 2.26 bits per heavy atom. The Bertz CT molecular complexity index is 843. The van der Waals surface area contributed by atoms with Crippen molar-refractivity contribution in [2.75, 3.05) is 11.9 Å². The molecule has 27 heavy (non-hydrogen) atoms. The van der Waals surface area contributed by atoms with Crippen molar-refractivity contribution in [3.63, 3.8) is 0 Å². The lowest BCUT2D eigenvalue weighted by Crippen LogP contribution is -2.36. The maximum Gasteiger partial charge on any atom is 0.317 e. The van der Waals surface area contributed by atoms with Gasteiger partial charge in [-0.2, -0.15) is 0 Å². The molecule has 0 aliphatic heterocycles. The van der Waals surface area contributed by atoms with E-state index in [2.05, 4.69) is 5.32 Å². The van der Waals surface area contributed by atoms with E-state index in [9.17, 15) is 22.8 Å². The van der Waals surface area contributed by atoms with Gasteiger partial charge in [-0.1, -0.05) is 25.0 Å². The summed E-state index contributed by atoms with van der Waals surface area (Å²) in [5.41, 5.74) is -0.528. The van der Waals surface area contributed by atoms with Crippen LogP contribution >= 0.6 is 0 Å². The Kier molecular flexibility index (Phi) is 5.48. The van der Waals surface area contributed by atoms with E-state index in [4.69, 9.17) is 4.74 Å². The van der Waals surface area contributed by atoms with Gasteiger partial charge in [-0.3, -0.25) is 9.59 Å². The minimum Gasteiger partial charge on any atom is -0.455 e. The van der Waals surface area contributed by atoms with Crippen LogP contribution in [0, 0.1) is 17.5 Å². The van der Waals surface area contributed by atoms with E-state index in [-0.39, 0.29) is 5.69 Å². The molecule has 3 rings (SSSR count). The summed E-state index contributed by atoms with van der Waals surface area (Å²) in [6, 6.07) is 8.39. The van der Waals surface area contributed by atoms with Crippen molar-refractivity contribution >= 4 is 17.6 Å². The van der Waals surface area contributed by atoms with Gasteiger partial charge in [0.15, 0.2) is 6.61 Å². The second kappa shape index (κ2) is 7.82. The molecule has 0 spiro atoms. The van der Waals surface area contributed by atoms with Gasteiger partial charge in [-0.15, -0.1) is 0 Å². The van der Waals surface area contributed by atoms with Gasteiger partial charge in [0, 0.05) is 11.8 Å². The number of hydrogen-bond acceptors (Lipinski definition) is 3. The van der Waals surface area contributed by atoms with E-state index in [1.807, 2.05) is 0 Å². The molecule has 2 aromatic carbocycles. The van der Waals surface area contributed by atoms with E-state index in [1.54, 1.807) is 6.07 Å². The largest absolute Gasteiger partial charge is 0.455 e. The smallest absolute Gasteiger partial charge is 0.317 e. The maximum atomic E-state index is 13.6. The molecule has 0 unspecified atom stereocenters. The summed E-state index contributed by atoms with van der Waals surface area (Å²) in [6.45, 7) is -0.603. The quantitative estimate of drug-likeness (QED) is 0.799. The zero-order chi connectivity index (χ0) is 19.4. The number of halogens is 3. The number of amides is 1. The van der Waals surface area contributed by atoms with Crippen LogP contribution in [0.25, 0.3) is 0 Å². The first kappa shape index (κ1) is 18.9. The summed E-state index contributed by atoms with van der Waals surface area (Å²) in [5.74, 6) is -3.44. The van der Waals surface area contributed by atoms with Crippen molar-refractivity contribution in [2.24, 2.45) is 0 Å². The molecule has 142 valence electrons. The average Bonchev–Trinajstić information content (AvgIpc) is 3.10. The van der Waals surface area contributed by atoms with E-state index in [1.165, 1.54) is 18.2 Å². The number of rotatable bonds is 5. The van der Waals surface area contributed by atoms with Crippen LogP contribution in [0.5, 0.6) is 0 Å². The van der Waals surface area contributed by atoms with Crippen molar-refractivity contribution < 1.29 is 27.5 Å². The van der Waals surface area contributed by atoms with E-state index in [0.29, 0.717) is 24.5 Å². The monoisotopic (exact) mass is 377 g/mol. The normalized spacial score (nSPS) is 15.4. The SMILES string of the molecule is O=C(COC(=O)C1(c2cccc(F)c2)CCCC1)Nc1cc(F)cc(F)c1. The highest BCUT2D eigenvalue weighted by molar-refractivity contribution is 5.94. The predicted octanol–water partition coefficient (Wildman–Crippen LogP) is 4.10. The first-order valence-electron chi connectivity index (χ1n) is 8.58. The second-order valence-electron chi connectivity index (χ2n) is 6.58. The molecule has 1 aliphatic rings. The van der Waals surface area contributed by atoms with Gasteiger partial charge >= 0.3 is 5.97 Å². The molecule has 1 saturated carbocycles. The highest BCUT2D eigenvalue weighted by Crippen LogP contribution is 2.42. The zero-order valence-corrected chi connectivity index (χ0v) is 14.4. The van der Waals surface area contributed by atoms with Crippen LogP contribution in [0.1, 0.15) is 31.2 Å². The number of esters is 1. The van der Waals surface area contributed by atoms with Gasteiger partial charge in [-0.25, -0.2) is 13.2 Å². The molecule has 0 atom stereocenters. The van der Waals surface area contributed by atoms with Crippen molar-refractivity contribution in [1.82, 2.24) is 0 Å². The second-order valence-corrected chi connectivity index (χ2v) is 6.58. The Balaban J connectivity index is 1.67. The van der Waals surface area contributed by atoms with Crippen LogP contribution in [0.3, 0.4) is 0 Å². The minimum absolute atomic E-state index is 0.0748. The number of carbonyl (C=O) groups is 2. The predicted molar refractivity (Wildman–Crippen MR) is 92.5 cm³/mol. The number of nitrogens with one attached hydrogen (secondary N) is 1. The molecule has 4 nitrogen and oxygen atoms in total. The number of anilines is 1. The summed E-state index contributed by atoms with van der Waals surface area (Å²) in [5, 5.41) is 2.27. The highest BCUT2D eigenvalue weighted by Gasteiger charge is 2.44. The first-order valence-corrected chi connectivity index (χ1v) is 8.58. The molecule has 7 heteroatoms. The molecule has 0 heterocycles. The minimum atomic E-state index is -0.979. The Morgan fingerprint density at radius 1 is 0.963 bits per heavy atom. The van der Waals surface area contributed by atoms with Crippen molar-refractivity contribution in [1.29, 1.82) is 0 Å². The molecule has 1 amide bonds. The molecular weight excluding hydrogens is 359 g/mol. The van der Waals surface area contributed by atoms with Crippen LogP contribution in [-0.2, 0) is 19.7 Å². The van der Waals surface area contributed by atoms with Crippen molar-refractivity contribution in [3.8, 4) is 0 Å². The number of hydrogen-bond donors (Lipinski definition) is 1. The van der Waals surface area contributed by atoms with Gasteiger partial charge in [0.25, 0.3) is 5.91 Å². The lowest BCUT2D eigenvalue weighted by Gasteiger charge is -2.27. The standard InChI is InChI=1S/C20H18F3NO3/c21-14-5-3-4-13(8-14)20(6-1-2-7-20)19(26)27-12-18(25)24-17-10-15(22)9-16(23)11-17/h3-5,8-11H,1-2,6-7,12H2,(H,24,25). The van der Waals surface area contributed by atoms with Crippen molar-refractivity contribution in [2.45, 2.75) is 31.1 Å². The molecule has 0 saturated heterocycles. The molecule has 2 aromatic rings. The average molecular weight is 377 g/mol. The topological polar surface area (TPSA) is 55.4 Å². The van der Waals surface area contributed by atoms with Crippen molar-refractivity contribution in [3.05, 3.63) is 65.5 Å². The van der Waals surface area contributed by atoms with E-state index < -0.39 is 41.4 Å². The molecule has 0 radical (unpaired) electrons. The molecule has 1 N–H and O–H groups in total. The summed E-state index contributed by atoms with van der Waals surface area (Å²) in [4.78, 5) is 24.7. The van der Waals surface area contributed by atoms with Crippen LogP contribution in [0.15, 0.2) is 42.5 Å². The fourth-order valence-electron chi connectivity index (χ4n) is 3.47. The number of ether oxygens (including phenoxy) is 1. The van der Waals surface area contributed by atoms with Gasteiger partial charge in [-0.05, 0) is 42.7 Å². The summed E-state index contributed by atoms with van der Waals surface area (Å²) >= 11 is 0. The van der Waals surface area contributed by atoms with Crippen LogP contribution in [0.2, 0.25) is 0 Å². The van der Waals surface area contributed by atoms with Gasteiger partial charge in [0.05, 0.1) is 5.41 Å². The lowest BCUT2D eigenvalue weighted by atomic mass is 9.79. The van der Waals surface area contributed by atoms with Crippen LogP contribution in [-0.4, -0.2) is 18.5 Å². The third-order valence-electron chi connectivity index (χ3n) is 4.71. The number of carbonyl (C=O) groups excluding carboxylic acids is 2. The Hall–Kier alpha value is -2.83. The summed E-state index contributed by atoms with van der Waals surface area (Å²) < 4.78 is 45.1. The van der Waals surface area contributed by atoms with Gasteiger partial charge in [0.2, 0.25) is 0 Å². The fraction of sp³-hybridized carbons (Fsp3) is 0.300. The summed E-state index contributed by atoms with van der Waals surface area (Å²) in [6.07, 6.45) is 2.60. The molecule has 1 aliphatic carbocycles. The third-order valence-corrected chi connectivity index (χ3v) is 4.71. The van der Waals surface area contributed by atoms with E-state index >= 15 is 0 Å². The molecule has 0 aromatic heterocycles. The van der Waals surface area contributed by atoms with Crippen LogP contribution < -0.4 is 5.32 Å². The fourth-order valence-corrected chi connectivity index (χ4v) is 3.47. The summed E-state index contributed by atoms with van der Waals surface area (Å²) in [7, 11) is 0. The first-order chi connectivity index (χ1) is 12.9. The Morgan fingerprint density at radius 2 is 1.63 bits per heavy atom. The van der Waals surface area contributed by atoms with Crippen LogP contribution in [0.4, 0.5) is 18.9 Å². The molecule has 0 bridgehead atoms. The maximum absolute atomic E-state index is 13.6. The Labute approximate surface area is 154 Å². The zero-order valence-electron chi connectivity index (χ0n) is 14.4. The molecule has 1 fully saturated rings. The third kappa shape index (κ3) is 4.30. The lowest BCUT2D eigenvalue weighted by molar-refractivity contribution is -0.153. The molecular formula is C20H18F3NO3. The van der Waals surface area contributed by atoms with E-state index in [0.717, 1.165) is 25.0 Å². The van der Waals surface area contributed by atoms with Gasteiger partial charge < -0.3 is 10.1 Å². The number of benzene rings is 2.